The quantitative estimate of drug-likeness (QED) is 0.802. The second kappa shape index (κ2) is 5.83. The first kappa shape index (κ1) is 12.8. The zero-order valence-electron chi connectivity index (χ0n) is 10.5. The second-order valence-electron chi connectivity index (χ2n) is 5.20. The van der Waals surface area contributed by atoms with Gasteiger partial charge in [-0.2, -0.15) is 0 Å². The summed E-state index contributed by atoms with van der Waals surface area (Å²) in [5.41, 5.74) is -0.643. The van der Waals surface area contributed by atoms with Crippen LogP contribution in [0.25, 0.3) is 0 Å². The maximum Gasteiger partial charge on any atom is 0.324 e. The SMILES string of the molecule is O=C(O)C1(N2CCCCCCC2)CCOCC1. The summed E-state index contributed by atoms with van der Waals surface area (Å²) in [7, 11) is 0. The summed E-state index contributed by atoms with van der Waals surface area (Å²) in [5, 5.41) is 9.61. The molecular weight excluding hydrogens is 218 g/mol. The van der Waals surface area contributed by atoms with Crippen LogP contribution in [0.4, 0.5) is 0 Å². The van der Waals surface area contributed by atoms with Crippen molar-refractivity contribution < 1.29 is 14.6 Å². The van der Waals surface area contributed by atoms with Crippen molar-refractivity contribution in [1.82, 2.24) is 4.90 Å². The molecule has 0 aromatic heterocycles. The molecule has 0 aromatic carbocycles. The Morgan fingerprint density at radius 1 is 1.00 bits per heavy atom. The first-order valence-corrected chi connectivity index (χ1v) is 6.82. The minimum absolute atomic E-state index is 0.586. The van der Waals surface area contributed by atoms with E-state index >= 15 is 0 Å². The van der Waals surface area contributed by atoms with E-state index in [9.17, 15) is 9.90 Å². The molecule has 98 valence electrons. The molecule has 0 aliphatic carbocycles. The Morgan fingerprint density at radius 2 is 1.53 bits per heavy atom. The second-order valence-corrected chi connectivity index (χ2v) is 5.20. The molecule has 2 aliphatic heterocycles. The van der Waals surface area contributed by atoms with Gasteiger partial charge in [-0.1, -0.05) is 19.3 Å². The molecule has 4 nitrogen and oxygen atoms in total. The Balaban J connectivity index is 2.09. The van der Waals surface area contributed by atoms with Gasteiger partial charge >= 0.3 is 5.97 Å². The topological polar surface area (TPSA) is 49.8 Å². The third-order valence-corrected chi connectivity index (χ3v) is 4.18. The normalized spacial score (nSPS) is 27.1. The summed E-state index contributed by atoms with van der Waals surface area (Å²) in [6.07, 6.45) is 7.33. The zero-order valence-corrected chi connectivity index (χ0v) is 10.5. The molecule has 2 rings (SSSR count). The van der Waals surface area contributed by atoms with Crippen LogP contribution in [0.15, 0.2) is 0 Å². The number of hydrogen-bond donors (Lipinski definition) is 1. The molecule has 2 aliphatic rings. The summed E-state index contributed by atoms with van der Waals surface area (Å²) in [4.78, 5) is 13.9. The number of carbonyl (C=O) groups is 1. The Labute approximate surface area is 103 Å². The predicted octanol–water partition coefficient (Wildman–Crippen LogP) is 1.89. The number of likely N-dealkylation sites (tertiary alicyclic amines) is 1. The molecule has 0 bridgehead atoms. The van der Waals surface area contributed by atoms with E-state index in [4.69, 9.17) is 4.74 Å². The first-order chi connectivity index (χ1) is 8.26. The van der Waals surface area contributed by atoms with E-state index in [0.29, 0.717) is 26.1 Å². The van der Waals surface area contributed by atoms with Crippen LogP contribution >= 0.6 is 0 Å². The van der Waals surface area contributed by atoms with Crippen LogP contribution in [0.1, 0.15) is 44.9 Å². The summed E-state index contributed by atoms with van der Waals surface area (Å²) < 4.78 is 5.33. The molecular formula is C13H23NO3. The van der Waals surface area contributed by atoms with Crippen molar-refractivity contribution >= 4 is 5.97 Å². The third kappa shape index (κ3) is 2.80. The van der Waals surface area contributed by atoms with Crippen molar-refractivity contribution in [3.05, 3.63) is 0 Å². The van der Waals surface area contributed by atoms with Gasteiger partial charge in [0, 0.05) is 13.2 Å². The molecule has 17 heavy (non-hydrogen) atoms. The van der Waals surface area contributed by atoms with Gasteiger partial charge in [-0.25, -0.2) is 0 Å². The van der Waals surface area contributed by atoms with Crippen molar-refractivity contribution in [2.24, 2.45) is 0 Å². The molecule has 0 saturated carbocycles. The van der Waals surface area contributed by atoms with Crippen LogP contribution in [0.3, 0.4) is 0 Å². The van der Waals surface area contributed by atoms with Crippen molar-refractivity contribution in [3.8, 4) is 0 Å². The Morgan fingerprint density at radius 3 is 2.06 bits per heavy atom. The monoisotopic (exact) mass is 241 g/mol. The number of hydrogen-bond acceptors (Lipinski definition) is 3. The van der Waals surface area contributed by atoms with E-state index < -0.39 is 11.5 Å². The van der Waals surface area contributed by atoms with E-state index in [1.165, 1.54) is 19.3 Å². The number of rotatable bonds is 2. The Kier molecular flexibility index (Phi) is 4.40. The van der Waals surface area contributed by atoms with Crippen LogP contribution in [0, 0.1) is 0 Å². The number of nitrogens with zero attached hydrogens (tertiary/aromatic N) is 1. The van der Waals surface area contributed by atoms with Gasteiger partial charge in [0.15, 0.2) is 0 Å². The molecule has 1 N–H and O–H groups in total. The van der Waals surface area contributed by atoms with Gasteiger partial charge in [0.1, 0.15) is 5.54 Å². The Hall–Kier alpha value is -0.610. The van der Waals surface area contributed by atoms with E-state index in [1.807, 2.05) is 0 Å². The van der Waals surface area contributed by atoms with Crippen molar-refractivity contribution in [3.63, 3.8) is 0 Å². The van der Waals surface area contributed by atoms with E-state index in [-0.39, 0.29) is 0 Å². The largest absolute Gasteiger partial charge is 0.480 e. The van der Waals surface area contributed by atoms with Gasteiger partial charge in [-0.15, -0.1) is 0 Å². The molecule has 0 atom stereocenters. The molecule has 0 spiro atoms. The highest BCUT2D eigenvalue weighted by atomic mass is 16.5. The molecule has 4 heteroatoms. The lowest BCUT2D eigenvalue weighted by Crippen LogP contribution is -2.58. The van der Waals surface area contributed by atoms with Gasteiger partial charge < -0.3 is 9.84 Å². The zero-order chi connectivity index (χ0) is 12.1. The maximum atomic E-state index is 11.7. The number of ether oxygens (including phenoxy) is 1. The first-order valence-electron chi connectivity index (χ1n) is 6.82. The summed E-state index contributed by atoms with van der Waals surface area (Å²) in [6.45, 7) is 3.05. The van der Waals surface area contributed by atoms with Crippen LogP contribution in [0.5, 0.6) is 0 Å². The minimum atomic E-state index is -0.652. The standard InChI is InChI=1S/C13H23NO3/c15-12(16)13(6-10-17-11-7-13)14-8-4-2-1-3-5-9-14/h1-11H2,(H,15,16). The highest BCUT2D eigenvalue weighted by Crippen LogP contribution is 2.30. The van der Waals surface area contributed by atoms with Crippen LogP contribution in [-0.2, 0) is 9.53 Å². The number of aliphatic carboxylic acids is 1. The van der Waals surface area contributed by atoms with Crippen LogP contribution in [0.2, 0.25) is 0 Å². The smallest absolute Gasteiger partial charge is 0.324 e. The number of carboxylic acid groups (broad SMARTS) is 1. The highest BCUT2D eigenvalue weighted by molar-refractivity contribution is 5.79. The molecule has 0 radical (unpaired) electrons. The maximum absolute atomic E-state index is 11.7. The fourth-order valence-electron chi connectivity index (χ4n) is 3.05. The summed E-state index contributed by atoms with van der Waals surface area (Å²) in [5.74, 6) is -0.652. The van der Waals surface area contributed by atoms with Crippen molar-refractivity contribution in [1.29, 1.82) is 0 Å². The van der Waals surface area contributed by atoms with Gasteiger partial charge in [0.25, 0.3) is 0 Å². The van der Waals surface area contributed by atoms with Gasteiger partial charge in [-0.3, -0.25) is 9.69 Å². The average molecular weight is 241 g/mol. The lowest BCUT2D eigenvalue weighted by molar-refractivity contribution is -0.159. The van der Waals surface area contributed by atoms with Crippen molar-refractivity contribution in [2.45, 2.75) is 50.5 Å². The molecule has 2 saturated heterocycles. The molecule has 0 unspecified atom stereocenters. The highest BCUT2D eigenvalue weighted by Gasteiger charge is 2.45. The fraction of sp³-hybridized carbons (Fsp3) is 0.923. The molecule has 0 aromatic rings. The van der Waals surface area contributed by atoms with Crippen molar-refractivity contribution in [2.75, 3.05) is 26.3 Å². The minimum Gasteiger partial charge on any atom is -0.480 e. The average Bonchev–Trinajstić information content (AvgIpc) is 2.29. The van der Waals surface area contributed by atoms with Crippen LogP contribution < -0.4 is 0 Å². The fourth-order valence-corrected chi connectivity index (χ4v) is 3.05. The van der Waals surface area contributed by atoms with E-state index in [0.717, 1.165) is 25.9 Å². The van der Waals surface area contributed by atoms with E-state index in [1.54, 1.807) is 0 Å². The van der Waals surface area contributed by atoms with Gasteiger partial charge in [0.05, 0.1) is 0 Å². The lowest BCUT2D eigenvalue weighted by Gasteiger charge is -2.43. The summed E-state index contributed by atoms with van der Waals surface area (Å²) in [6, 6.07) is 0. The number of carboxylic acids is 1. The summed E-state index contributed by atoms with van der Waals surface area (Å²) >= 11 is 0. The van der Waals surface area contributed by atoms with Gasteiger partial charge in [0.2, 0.25) is 0 Å². The molecule has 0 amide bonds. The lowest BCUT2D eigenvalue weighted by atomic mass is 9.87. The van der Waals surface area contributed by atoms with E-state index in [2.05, 4.69) is 4.90 Å². The molecule has 2 heterocycles. The Bertz CT molecular complexity index is 253. The molecule has 2 fully saturated rings. The van der Waals surface area contributed by atoms with Crippen LogP contribution in [-0.4, -0.2) is 47.8 Å². The third-order valence-electron chi connectivity index (χ3n) is 4.18. The predicted molar refractivity (Wildman–Crippen MR) is 65.1 cm³/mol. The van der Waals surface area contributed by atoms with Gasteiger partial charge in [-0.05, 0) is 38.8 Å².